The first kappa shape index (κ1) is 19.7. The van der Waals surface area contributed by atoms with Crippen molar-refractivity contribution in [2.24, 2.45) is 4.99 Å². The Labute approximate surface area is 184 Å². The minimum Gasteiger partial charge on any atom is -0.402 e. The van der Waals surface area contributed by atoms with Crippen LogP contribution in [-0.4, -0.2) is 43.2 Å². The average molecular weight is 434 g/mol. The standard InChI is InChI=1S/C24H20ClN3O3/c1-15-2-3-17-13-18(22(26-20(17)12-15)28-8-10-30-11-9-28)14-21-24(29)31-23(27-21)16-4-6-19(25)7-5-16/h2-7,12-14H,8-11H2,1H3/b21-14+. The minimum atomic E-state index is -0.484. The molecule has 1 saturated heterocycles. The van der Waals surface area contributed by atoms with E-state index >= 15 is 0 Å². The Bertz CT molecular complexity index is 1230. The Balaban J connectivity index is 1.59. The lowest BCUT2D eigenvalue weighted by Crippen LogP contribution is -2.37. The van der Waals surface area contributed by atoms with Crippen LogP contribution in [0.15, 0.2) is 59.2 Å². The Morgan fingerprint density at radius 1 is 1.06 bits per heavy atom. The molecule has 2 aliphatic rings. The number of rotatable bonds is 3. The number of hydrogen-bond acceptors (Lipinski definition) is 6. The van der Waals surface area contributed by atoms with Crippen molar-refractivity contribution in [2.75, 3.05) is 31.2 Å². The number of carbonyl (C=O) groups is 1. The molecule has 0 unspecified atom stereocenters. The van der Waals surface area contributed by atoms with Crippen LogP contribution in [0.4, 0.5) is 5.82 Å². The van der Waals surface area contributed by atoms with E-state index < -0.39 is 5.97 Å². The number of morpholine rings is 1. The van der Waals surface area contributed by atoms with Crippen molar-refractivity contribution in [3.05, 3.63) is 75.9 Å². The second-order valence-electron chi connectivity index (χ2n) is 7.54. The fourth-order valence-electron chi connectivity index (χ4n) is 3.69. The van der Waals surface area contributed by atoms with Crippen LogP contribution in [0.3, 0.4) is 0 Å². The van der Waals surface area contributed by atoms with Crippen LogP contribution in [0.2, 0.25) is 5.02 Å². The van der Waals surface area contributed by atoms with Gasteiger partial charge < -0.3 is 14.4 Å². The number of carbonyl (C=O) groups excluding carboxylic acids is 1. The van der Waals surface area contributed by atoms with Gasteiger partial charge >= 0.3 is 5.97 Å². The molecule has 2 aliphatic heterocycles. The van der Waals surface area contributed by atoms with Gasteiger partial charge in [-0.25, -0.2) is 14.8 Å². The van der Waals surface area contributed by atoms with Crippen LogP contribution in [0.5, 0.6) is 0 Å². The monoisotopic (exact) mass is 433 g/mol. The number of cyclic esters (lactones) is 1. The normalized spacial score (nSPS) is 17.9. The molecule has 2 aromatic carbocycles. The van der Waals surface area contributed by atoms with Gasteiger partial charge in [-0.2, -0.15) is 0 Å². The molecule has 0 N–H and O–H groups in total. The van der Waals surface area contributed by atoms with Gasteiger partial charge in [0.2, 0.25) is 5.90 Å². The van der Waals surface area contributed by atoms with E-state index in [-0.39, 0.29) is 11.6 Å². The Morgan fingerprint density at radius 3 is 2.61 bits per heavy atom. The summed E-state index contributed by atoms with van der Waals surface area (Å²) < 4.78 is 10.9. The van der Waals surface area contributed by atoms with E-state index in [1.54, 1.807) is 30.3 Å². The number of anilines is 1. The van der Waals surface area contributed by atoms with Crippen molar-refractivity contribution in [1.29, 1.82) is 0 Å². The molecule has 0 spiro atoms. The molecule has 5 rings (SSSR count). The third-order valence-corrected chi connectivity index (χ3v) is 5.55. The Hall–Kier alpha value is -3.22. The van der Waals surface area contributed by atoms with Crippen LogP contribution >= 0.6 is 11.6 Å². The second-order valence-corrected chi connectivity index (χ2v) is 7.98. The first-order valence-corrected chi connectivity index (χ1v) is 10.5. The molecule has 0 atom stereocenters. The zero-order valence-electron chi connectivity index (χ0n) is 17.0. The molecule has 0 aliphatic carbocycles. The van der Waals surface area contributed by atoms with Gasteiger partial charge in [-0.15, -0.1) is 0 Å². The molecule has 1 aromatic heterocycles. The third-order valence-electron chi connectivity index (χ3n) is 5.30. The lowest BCUT2D eigenvalue weighted by Gasteiger charge is -2.29. The number of halogens is 1. The van der Waals surface area contributed by atoms with E-state index in [4.69, 9.17) is 26.1 Å². The van der Waals surface area contributed by atoms with Gasteiger partial charge in [-0.1, -0.05) is 23.7 Å². The Morgan fingerprint density at radius 2 is 1.84 bits per heavy atom. The number of esters is 1. The molecule has 0 amide bonds. The summed E-state index contributed by atoms with van der Waals surface area (Å²) in [5.41, 5.74) is 3.83. The predicted molar refractivity (Wildman–Crippen MR) is 122 cm³/mol. The summed E-state index contributed by atoms with van der Waals surface area (Å²) >= 11 is 5.95. The van der Waals surface area contributed by atoms with E-state index in [2.05, 4.69) is 22.0 Å². The number of hydrogen-bond donors (Lipinski definition) is 0. The van der Waals surface area contributed by atoms with E-state index in [0.29, 0.717) is 23.8 Å². The average Bonchev–Trinajstić information content (AvgIpc) is 3.14. The number of ether oxygens (including phenoxy) is 2. The summed E-state index contributed by atoms with van der Waals surface area (Å²) in [6.07, 6.45) is 1.75. The summed E-state index contributed by atoms with van der Waals surface area (Å²) in [7, 11) is 0. The van der Waals surface area contributed by atoms with Gasteiger partial charge in [0.25, 0.3) is 0 Å². The van der Waals surface area contributed by atoms with Crippen LogP contribution in [0, 0.1) is 6.92 Å². The highest BCUT2D eigenvalue weighted by atomic mass is 35.5. The molecule has 0 bridgehead atoms. The molecule has 1 fully saturated rings. The molecule has 0 saturated carbocycles. The number of pyridine rings is 1. The number of aromatic nitrogens is 1. The number of benzene rings is 2. The highest BCUT2D eigenvalue weighted by molar-refractivity contribution is 6.30. The molecule has 0 radical (unpaired) electrons. The number of aliphatic imine (C=N–C) groups is 1. The van der Waals surface area contributed by atoms with Crippen LogP contribution in [-0.2, 0) is 14.3 Å². The molecular weight excluding hydrogens is 414 g/mol. The summed E-state index contributed by atoms with van der Waals surface area (Å²) in [6, 6.07) is 15.2. The SMILES string of the molecule is Cc1ccc2cc(/C=C3/N=C(c4ccc(Cl)cc4)OC3=O)c(N3CCOCC3)nc2c1. The number of fused-ring (bicyclic) bond motifs is 1. The molecule has 7 heteroatoms. The molecule has 31 heavy (non-hydrogen) atoms. The maximum atomic E-state index is 12.5. The second kappa shape index (κ2) is 8.13. The molecular formula is C24H20ClN3O3. The van der Waals surface area contributed by atoms with Crippen LogP contribution in [0.25, 0.3) is 17.0 Å². The zero-order valence-corrected chi connectivity index (χ0v) is 17.7. The minimum absolute atomic E-state index is 0.243. The first-order valence-electron chi connectivity index (χ1n) is 10.1. The molecule has 156 valence electrons. The topological polar surface area (TPSA) is 64.0 Å². The fraction of sp³-hybridized carbons (Fsp3) is 0.208. The summed E-state index contributed by atoms with van der Waals surface area (Å²) in [5.74, 6) is 0.601. The van der Waals surface area contributed by atoms with Gasteiger partial charge in [-0.3, -0.25) is 0 Å². The summed E-state index contributed by atoms with van der Waals surface area (Å²) in [6.45, 7) is 4.82. The van der Waals surface area contributed by atoms with Gasteiger partial charge in [-0.05, 0) is 55.0 Å². The van der Waals surface area contributed by atoms with Crippen molar-refractivity contribution < 1.29 is 14.3 Å². The van der Waals surface area contributed by atoms with E-state index in [0.717, 1.165) is 40.9 Å². The van der Waals surface area contributed by atoms with Crippen LogP contribution in [0.1, 0.15) is 16.7 Å². The van der Waals surface area contributed by atoms with Crippen molar-refractivity contribution in [2.45, 2.75) is 6.92 Å². The molecule has 6 nitrogen and oxygen atoms in total. The highest BCUT2D eigenvalue weighted by Gasteiger charge is 2.25. The number of nitrogens with zero attached hydrogens (tertiary/aromatic N) is 3. The maximum Gasteiger partial charge on any atom is 0.363 e. The van der Waals surface area contributed by atoms with Gasteiger partial charge in [0.05, 0.1) is 18.7 Å². The smallest absolute Gasteiger partial charge is 0.363 e. The third kappa shape index (κ3) is 4.04. The Kier molecular flexibility index (Phi) is 5.18. The lowest BCUT2D eigenvalue weighted by atomic mass is 10.1. The number of aryl methyl sites for hydroxylation is 1. The maximum absolute atomic E-state index is 12.5. The van der Waals surface area contributed by atoms with Crippen molar-refractivity contribution in [3.63, 3.8) is 0 Å². The lowest BCUT2D eigenvalue weighted by molar-refractivity contribution is -0.129. The van der Waals surface area contributed by atoms with Gasteiger partial charge in [0.1, 0.15) is 5.82 Å². The summed E-state index contributed by atoms with van der Waals surface area (Å²) in [4.78, 5) is 24.1. The van der Waals surface area contributed by atoms with Crippen LogP contribution < -0.4 is 4.90 Å². The van der Waals surface area contributed by atoms with E-state index in [1.807, 2.05) is 19.1 Å². The quantitative estimate of drug-likeness (QED) is 0.453. The van der Waals surface area contributed by atoms with Gasteiger partial charge in [0, 0.05) is 34.6 Å². The molecule has 3 heterocycles. The van der Waals surface area contributed by atoms with Crippen molar-refractivity contribution in [3.8, 4) is 0 Å². The summed E-state index contributed by atoms with van der Waals surface area (Å²) in [5, 5.41) is 1.61. The fourth-order valence-corrected chi connectivity index (χ4v) is 3.82. The predicted octanol–water partition coefficient (Wildman–Crippen LogP) is 4.38. The van der Waals surface area contributed by atoms with E-state index in [9.17, 15) is 4.79 Å². The van der Waals surface area contributed by atoms with Crippen molar-refractivity contribution in [1.82, 2.24) is 4.98 Å². The first-order chi connectivity index (χ1) is 15.1. The largest absolute Gasteiger partial charge is 0.402 e. The molecule has 3 aromatic rings. The zero-order chi connectivity index (χ0) is 21.4. The van der Waals surface area contributed by atoms with Crippen molar-refractivity contribution >= 4 is 46.3 Å². The van der Waals surface area contributed by atoms with Gasteiger partial charge in [0.15, 0.2) is 5.70 Å². The van der Waals surface area contributed by atoms with E-state index in [1.165, 1.54) is 0 Å². The highest BCUT2D eigenvalue weighted by Crippen LogP contribution is 2.29.